The van der Waals surface area contributed by atoms with Crippen molar-refractivity contribution in [2.45, 2.75) is 33.1 Å². The van der Waals surface area contributed by atoms with Crippen LogP contribution in [0.5, 0.6) is 0 Å². The predicted molar refractivity (Wildman–Crippen MR) is 60.4 cm³/mol. The Kier molecular flexibility index (Phi) is 3.13. The summed E-state index contributed by atoms with van der Waals surface area (Å²) in [5, 5.41) is 3.42. The SMILES string of the molecule is CC1(C)CCCC1CN1CCNCC1. The molecule has 2 nitrogen and oxygen atoms in total. The van der Waals surface area contributed by atoms with E-state index in [2.05, 4.69) is 24.1 Å². The fraction of sp³-hybridized carbons (Fsp3) is 1.00. The summed E-state index contributed by atoms with van der Waals surface area (Å²) in [5.41, 5.74) is 0.602. The highest BCUT2D eigenvalue weighted by Gasteiger charge is 2.35. The summed E-state index contributed by atoms with van der Waals surface area (Å²) in [6.07, 6.45) is 4.34. The van der Waals surface area contributed by atoms with Crippen LogP contribution in [0, 0.1) is 11.3 Å². The Labute approximate surface area is 88.1 Å². The van der Waals surface area contributed by atoms with Gasteiger partial charge in [0.15, 0.2) is 0 Å². The van der Waals surface area contributed by atoms with Gasteiger partial charge in [-0.25, -0.2) is 0 Å². The van der Waals surface area contributed by atoms with E-state index in [1.807, 2.05) is 0 Å². The molecule has 1 saturated heterocycles. The van der Waals surface area contributed by atoms with Crippen molar-refractivity contribution >= 4 is 0 Å². The van der Waals surface area contributed by atoms with Crippen LogP contribution >= 0.6 is 0 Å². The number of hydrogen-bond donors (Lipinski definition) is 1. The Morgan fingerprint density at radius 2 is 2.00 bits per heavy atom. The van der Waals surface area contributed by atoms with Gasteiger partial charge in [0.1, 0.15) is 0 Å². The first-order valence-corrected chi connectivity index (χ1v) is 6.11. The molecule has 1 N–H and O–H groups in total. The number of nitrogens with one attached hydrogen (secondary N) is 1. The zero-order valence-electron chi connectivity index (χ0n) is 9.68. The lowest BCUT2D eigenvalue weighted by molar-refractivity contribution is 0.149. The molecule has 0 aromatic carbocycles. The molecule has 1 atom stereocenters. The van der Waals surface area contributed by atoms with Crippen LogP contribution in [0.3, 0.4) is 0 Å². The van der Waals surface area contributed by atoms with Crippen molar-refractivity contribution in [3.63, 3.8) is 0 Å². The van der Waals surface area contributed by atoms with Gasteiger partial charge >= 0.3 is 0 Å². The second kappa shape index (κ2) is 4.19. The van der Waals surface area contributed by atoms with E-state index in [1.165, 1.54) is 52.0 Å². The zero-order valence-corrected chi connectivity index (χ0v) is 9.68. The molecule has 1 heterocycles. The standard InChI is InChI=1S/C12H24N2/c1-12(2)5-3-4-11(12)10-14-8-6-13-7-9-14/h11,13H,3-10H2,1-2H3. The first-order chi connectivity index (χ1) is 6.68. The third kappa shape index (κ3) is 2.29. The van der Waals surface area contributed by atoms with Gasteiger partial charge in [-0.1, -0.05) is 20.3 Å². The predicted octanol–water partition coefficient (Wildman–Crippen LogP) is 1.72. The molecule has 2 aliphatic rings. The van der Waals surface area contributed by atoms with Crippen LogP contribution in [0.1, 0.15) is 33.1 Å². The minimum Gasteiger partial charge on any atom is -0.314 e. The second-order valence-electron chi connectivity index (χ2n) is 5.63. The molecule has 2 heteroatoms. The fourth-order valence-corrected chi connectivity index (χ4v) is 2.94. The smallest absolute Gasteiger partial charge is 0.0107 e. The molecule has 1 unspecified atom stereocenters. The molecule has 2 rings (SSSR count). The Morgan fingerprint density at radius 1 is 1.29 bits per heavy atom. The number of piperazine rings is 1. The van der Waals surface area contributed by atoms with Gasteiger partial charge in [0, 0.05) is 32.7 Å². The molecule has 14 heavy (non-hydrogen) atoms. The number of nitrogens with zero attached hydrogens (tertiary/aromatic N) is 1. The van der Waals surface area contributed by atoms with Crippen molar-refractivity contribution in [2.75, 3.05) is 32.7 Å². The van der Waals surface area contributed by atoms with Crippen LogP contribution in [-0.2, 0) is 0 Å². The normalized spacial score (nSPS) is 33.4. The highest BCUT2D eigenvalue weighted by Crippen LogP contribution is 2.42. The van der Waals surface area contributed by atoms with E-state index >= 15 is 0 Å². The van der Waals surface area contributed by atoms with E-state index in [0.29, 0.717) is 5.41 Å². The minimum atomic E-state index is 0.602. The maximum absolute atomic E-state index is 3.42. The molecule has 1 saturated carbocycles. The van der Waals surface area contributed by atoms with Gasteiger partial charge in [-0.3, -0.25) is 0 Å². The molecule has 0 aromatic heterocycles. The molecule has 0 radical (unpaired) electrons. The van der Waals surface area contributed by atoms with Crippen molar-refractivity contribution < 1.29 is 0 Å². The molecule has 2 fully saturated rings. The number of hydrogen-bond acceptors (Lipinski definition) is 2. The van der Waals surface area contributed by atoms with E-state index in [0.717, 1.165) is 5.92 Å². The highest BCUT2D eigenvalue weighted by atomic mass is 15.2. The minimum absolute atomic E-state index is 0.602. The Balaban J connectivity index is 1.83. The van der Waals surface area contributed by atoms with Gasteiger partial charge < -0.3 is 10.2 Å². The van der Waals surface area contributed by atoms with Crippen molar-refractivity contribution in [1.82, 2.24) is 10.2 Å². The summed E-state index contributed by atoms with van der Waals surface area (Å²) in [7, 11) is 0. The molecule has 0 spiro atoms. The van der Waals surface area contributed by atoms with Crippen LogP contribution in [0.2, 0.25) is 0 Å². The molecule has 0 amide bonds. The van der Waals surface area contributed by atoms with E-state index in [9.17, 15) is 0 Å². The zero-order chi connectivity index (χ0) is 10.0. The van der Waals surface area contributed by atoms with Crippen LogP contribution in [0.25, 0.3) is 0 Å². The average molecular weight is 196 g/mol. The first-order valence-electron chi connectivity index (χ1n) is 6.11. The van der Waals surface area contributed by atoms with E-state index in [1.54, 1.807) is 0 Å². The molecule has 1 aliphatic carbocycles. The van der Waals surface area contributed by atoms with Crippen molar-refractivity contribution in [2.24, 2.45) is 11.3 Å². The molecular formula is C12H24N2. The maximum Gasteiger partial charge on any atom is 0.0107 e. The Hall–Kier alpha value is -0.0800. The van der Waals surface area contributed by atoms with Gasteiger partial charge in [-0.15, -0.1) is 0 Å². The third-order valence-corrected chi connectivity index (χ3v) is 4.17. The lowest BCUT2D eigenvalue weighted by Crippen LogP contribution is -2.46. The highest BCUT2D eigenvalue weighted by molar-refractivity contribution is 4.87. The maximum atomic E-state index is 3.42. The lowest BCUT2D eigenvalue weighted by Gasteiger charge is -2.34. The summed E-state index contributed by atoms with van der Waals surface area (Å²) in [6, 6.07) is 0. The number of rotatable bonds is 2. The van der Waals surface area contributed by atoms with Crippen molar-refractivity contribution in [3.05, 3.63) is 0 Å². The first kappa shape index (κ1) is 10.4. The molecule has 0 bridgehead atoms. The van der Waals surface area contributed by atoms with E-state index in [-0.39, 0.29) is 0 Å². The molecule has 1 aliphatic heterocycles. The van der Waals surface area contributed by atoms with Gasteiger partial charge in [0.05, 0.1) is 0 Å². The van der Waals surface area contributed by atoms with Crippen molar-refractivity contribution in [1.29, 1.82) is 0 Å². The monoisotopic (exact) mass is 196 g/mol. The van der Waals surface area contributed by atoms with Crippen LogP contribution in [0.15, 0.2) is 0 Å². The van der Waals surface area contributed by atoms with Crippen LogP contribution in [0.4, 0.5) is 0 Å². The molecule has 82 valence electrons. The summed E-state index contributed by atoms with van der Waals surface area (Å²) in [4.78, 5) is 2.65. The van der Waals surface area contributed by atoms with Gasteiger partial charge in [0.25, 0.3) is 0 Å². The van der Waals surface area contributed by atoms with Gasteiger partial charge in [0.2, 0.25) is 0 Å². The molecular weight excluding hydrogens is 172 g/mol. The topological polar surface area (TPSA) is 15.3 Å². The quantitative estimate of drug-likeness (QED) is 0.723. The van der Waals surface area contributed by atoms with E-state index < -0.39 is 0 Å². The summed E-state index contributed by atoms with van der Waals surface area (Å²) < 4.78 is 0. The fourth-order valence-electron chi connectivity index (χ4n) is 2.94. The third-order valence-electron chi connectivity index (χ3n) is 4.17. The summed E-state index contributed by atoms with van der Waals surface area (Å²) in [6.45, 7) is 11.1. The van der Waals surface area contributed by atoms with Gasteiger partial charge in [-0.2, -0.15) is 0 Å². The average Bonchev–Trinajstić information content (AvgIpc) is 2.48. The lowest BCUT2D eigenvalue weighted by atomic mass is 9.81. The Bertz CT molecular complexity index is 183. The summed E-state index contributed by atoms with van der Waals surface area (Å²) >= 11 is 0. The largest absolute Gasteiger partial charge is 0.314 e. The van der Waals surface area contributed by atoms with Crippen LogP contribution < -0.4 is 5.32 Å². The summed E-state index contributed by atoms with van der Waals surface area (Å²) in [5.74, 6) is 0.945. The van der Waals surface area contributed by atoms with Crippen LogP contribution in [-0.4, -0.2) is 37.6 Å². The van der Waals surface area contributed by atoms with Gasteiger partial charge in [-0.05, 0) is 24.2 Å². The van der Waals surface area contributed by atoms with Crippen molar-refractivity contribution in [3.8, 4) is 0 Å². The molecule has 0 aromatic rings. The second-order valence-corrected chi connectivity index (χ2v) is 5.63. The van der Waals surface area contributed by atoms with E-state index in [4.69, 9.17) is 0 Å². The Morgan fingerprint density at radius 3 is 2.57 bits per heavy atom.